The maximum absolute atomic E-state index is 12.3. The van der Waals surface area contributed by atoms with Crippen LogP contribution in [0, 0.1) is 0 Å². The van der Waals surface area contributed by atoms with E-state index in [2.05, 4.69) is 19.9 Å². The zero-order chi connectivity index (χ0) is 16.2. The van der Waals surface area contributed by atoms with E-state index in [9.17, 15) is 14.4 Å². The van der Waals surface area contributed by atoms with Gasteiger partial charge in [-0.05, 0) is 12.1 Å². The Morgan fingerprint density at radius 3 is 2.57 bits per heavy atom. The molecule has 8 nitrogen and oxygen atoms in total. The van der Waals surface area contributed by atoms with E-state index in [1.165, 1.54) is 6.07 Å². The van der Waals surface area contributed by atoms with Gasteiger partial charge in [0.15, 0.2) is 0 Å². The number of hydrogen-bond acceptors (Lipinski definition) is 5. The van der Waals surface area contributed by atoms with Crippen LogP contribution in [-0.4, -0.2) is 51.9 Å². The summed E-state index contributed by atoms with van der Waals surface area (Å²) in [6.45, 7) is 2.58. The quantitative estimate of drug-likeness (QED) is 0.783. The molecule has 1 fully saturated rings. The van der Waals surface area contributed by atoms with Crippen molar-refractivity contribution in [3.05, 3.63) is 57.0 Å². The summed E-state index contributed by atoms with van der Waals surface area (Å²) in [5.74, 6) is 0.797. The summed E-state index contributed by atoms with van der Waals surface area (Å²) in [7, 11) is 0. The van der Waals surface area contributed by atoms with Crippen LogP contribution in [0.4, 0.5) is 5.82 Å². The third kappa shape index (κ3) is 3.65. The van der Waals surface area contributed by atoms with E-state index in [1.54, 1.807) is 11.1 Å². The van der Waals surface area contributed by atoms with E-state index in [0.29, 0.717) is 31.9 Å². The van der Waals surface area contributed by atoms with Gasteiger partial charge in [0.05, 0.1) is 6.42 Å². The summed E-state index contributed by atoms with van der Waals surface area (Å²) in [6, 6.07) is 6.98. The fourth-order valence-corrected chi connectivity index (χ4v) is 2.62. The first kappa shape index (κ1) is 15.0. The molecule has 2 aromatic heterocycles. The van der Waals surface area contributed by atoms with E-state index < -0.39 is 11.2 Å². The highest BCUT2D eigenvalue weighted by Gasteiger charge is 2.22. The van der Waals surface area contributed by atoms with Gasteiger partial charge in [-0.25, -0.2) is 9.78 Å². The Bertz CT molecular complexity index is 762. The molecule has 8 heteroatoms. The van der Waals surface area contributed by atoms with Crippen molar-refractivity contribution in [3.8, 4) is 0 Å². The maximum atomic E-state index is 12.3. The standard InChI is InChI=1S/C15H17N5O3/c21-13-9-11(17-15(23)18-13)10-14(22)20-7-5-19(6-8-20)12-3-1-2-4-16-12/h1-4,9H,5-8,10H2,(H2,17,18,21,23). The topological polar surface area (TPSA) is 102 Å². The normalized spacial score (nSPS) is 14.8. The molecule has 2 N–H and O–H groups in total. The Balaban J connectivity index is 1.60. The molecule has 0 unspecified atom stereocenters. The first-order valence-electron chi connectivity index (χ1n) is 7.38. The molecule has 1 aliphatic heterocycles. The number of nitrogens with one attached hydrogen (secondary N) is 2. The number of carbonyl (C=O) groups excluding carboxylic acids is 1. The molecule has 0 aliphatic carbocycles. The van der Waals surface area contributed by atoms with Crippen LogP contribution >= 0.6 is 0 Å². The fourth-order valence-electron chi connectivity index (χ4n) is 2.62. The second kappa shape index (κ2) is 6.47. The van der Waals surface area contributed by atoms with E-state index in [0.717, 1.165) is 5.82 Å². The molecule has 0 saturated carbocycles. The first-order valence-corrected chi connectivity index (χ1v) is 7.38. The number of anilines is 1. The summed E-state index contributed by atoms with van der Waals surface area (Å²) in [6.07, 6.45) is 1.76. The van der Waals surface area contributed by atoms with Gasteiger partial charge in [0.1, 0.15) is 5.82 Å². The number of nitrogens with zero attached hydrogens (tertiary/aromatic N) is 3. The number of H-pyrrole nitrogens is 2. The Morgan fingerprint density at radius 2 is 1.91 bits per heavy atom. The highest BCUT2D eigenvalue weighted by atomic mass is 16.2. The van der Waals surface area contributed by atoms with Gasteiger partial charge in [-0.1, -0.05) is 6.07 Å². The van der Waals surface area contributed by atoms with Gasteiger partial charge in [-0.3, -0.25) is 14.6 Å². The van der Waals surface area contributed by atoms with Crippen LogP contribution in [0.1, 0.15) is 5.69 Å². The van der Waals surface area contributed by atoms with Gasteiger partial charge in [0.25, 0.3) is 5.56 Å². The predicted octanol–water partition coefficient (Wildman–Crippen LogP) is -0.650. The van der Waals surface area contributed by atoms with Crippen LogP contribution in [0.15, 0.2) is 40.1 Å². The lowest BCUT2D eigenvalue weighted by atomic mass is 10.2. The number of amides is 1. The molecule has 0 spiro atoms. The highest BCUT2D eigenvalue weighted by molar-refractivity contribution is 5.78. The number of carbonyl (C=O) groups is 1. The summed E-state index contributed by atoms with van der Waals surface area (Å²) >= 11 is 0. The fraction of sp³-hybridized carbons (Fsp3) is 0.333. The zero-order valence-electron chi connectivity index (χ0n) is 12.5. The van der Waals surface area contributed by atoms with Gasteiger partial charge in [-0.2, -0.15) is 0 Å². The van der Waals surface area contributed by atoms with Crippen LogP contribution in [-0.2, 0) is 11.2 Å². The number of pyridine rings is 1. The lowest BCUT2D eigenvalue weighted by molar-refractivity contribution is -0.130. The van der Waals surface area contributed by atoms with E-state index in [-0.39, 0.29) is 12.3 Å². The van der Waals surface area contributed by atoms with Gasteiger partial charge in [0, 0.05) is 44.1 Å². The molecular formula is C15H17N5O3. The maximum Gasteiger partial charge on any atom is 0.325 e. The molecule has 0 aromatic carbocycles. The van der Waals surface area contributed by atoms with Crippen molar-refractivity contribution in [2.24, 2.45) is 0 Å². The number of hydrogen-bond donors (Lipinski definition) is 2. The Labute approximate surface area is 131 Å². The highest BCUT2D eigenvalue weighted by Crippen LogP contribution is 2.13. The summed E-state index contributed by atoms with van der Waals surface area (Å²) in [5, 5.41) is 0. The third-order valence-electron chi connectivity index (χ3n) is 3.76. The second-order valence-electron chi connectivity index (χ2n) is 5.35. The molecule has 3 heterocycles. The molecule has 1 amide bonds. The van der Waals surface area contributed by atoms with Gasteiger partial charge in [0.2, 0.25) is 5.91 Å². The SMILES string of the molecule is O=C(Cc1cc(=O)[nH]c(=O)[nH]1)N1CCN(c2ccccn2)CC1. The lowest BCUT2D eigenvalue weighted by Crippen LogP contribution is -2.49. The molecule has 1 saturated heterocycles. The number of aromatic amines is 2. The average Bonchev–Trinajstić information content (AvgIpc) is 2.55. The molecular weight excluding hydrogens is 298 g/mol. The number of rotatable bonds is 3. The molecule has 2 aromatic rings. The Kier molecular flexibility index (Phi) is 4.22. The van der Waals surface area contributed by atoms with E-state index in [4.69, 9.17) is 0 Å². The molecule has 0 atom stereocenters. The van der Waals surface area contributed by atoms with Crippen molar-refractivity contribution < 1.29 is 4.79 Å². The smallest absolute Gasteiger partial charge is 0.325 e. The first-order chi connectivity index (χ1) is 11.1. The van der Waals surface area contributed by atoms with Crippen molar-refractivity contribution in [1.82, 2.24) is 19.9 Å². The minimum absolute atomic E-state index is 0.0166. The van der Waals surface area contributed by atoms with Crippen LogP contribution in [0.25, 0.3) is 0 Å². The zero-order valence-corrected chi connectivity index (χ0v) is 12.5. The summed E-state index contributed by atoms with van der Waals surface area (Å²) in [5.41, 5.74) is -0.771. The lowest BCUT2D eigenvalue weighted by Gasteiger charge is -2.35. The van der Waals surface area contributed by atoms with Crippen LogP contribution in [0.5, 0.6) is 0 Å². The van der Waals surface area contributed by atoms with Crippen molar-refractivity contribution in [1.29, 1.82) is 0 Å². The van der Waals surface area contributed by atoms with Crippen molar-refractivity contribution in [2.45, 2.75) is 6.42 Å². The van der Waals surface area contributed by atoms with Gasteiger partial charge in [-0.15, -0.1) is 0 Å². The van der Waals surface area contributed by atoms with Crippen LogP contribution < -0.4 is 16.1 Å². The molecule has 0 radical (unpaired) electrons. The Hall–Kier alpha value is -2.90. The number of aromatic nitrogens is 3. The molecule has 23 heavy (non-hydrogen) atoms. The van der Waals surface area contributed by atoms with Crippen molar-refractivity contribution in [3.63, 3.8) is 0 Å². The minimum atomic E-state index is -0.597. The number of piperazine rings is 1. The van der Waals surface area contributed by atoms with Crippen molar-refractivity contribution >= 4 is 11.7 Å². The minimum Gasteiger partial charge on any atom is -0.353 e. The molecule has 120 valence electrons. The molecule has 3 rings (SSSR count). The van der Waals surface area contributed by atoms with E-state index in [1.807, 2.05) is 18.2 Å². The largest absolute Gasteiger partial charge is 0.353 e. The van der Waals surface area contributed by atoms with Crippen molar-refractivity contribution in [2.75, 3.05) is 31.1 Å². The second-order valence-corrected chi connectivity index (χ2v) is 5.35. The Morgan fingerprint density at radius 1 is 1.13 bits per heavy atom. The van der Waals surface area contributed by atoms with Gasteiger partial charge >= 0.3 is 5.69 Å². The average molecular weight is 315 g/mol. The van der Waals surface area contributed by atoms with Crippen LogP contribution in [0.2, 0.25) is 0 Å². The molecule has 0 bridgehead atoms. The molecule has 1 aliphatic rings. The van der Waals surface area contributed by atoms with Crippen LogP contribution in [0.3, 0.4) is 0 Å². The third-order valence-corrected chi connectivity index (χ3v) is 3.76. The summed E-state index contributed by atoms with van der Waals surface area (Å²) < 4.78 is 0. The van der Waals surface area contributed by atoms with Gasteiger partial charge < -0.3 is 14.8 Å². The monoisotopic (exact) mass is 315 g/mol. The predicted molar refractivity (Wildman–Crippen MR) is 84.4 cm³/mol. The van der Waals surface area contributed by atoms with E-state index >= 15 is 0 Å². The summed E-state index contributed by atoms with van der Waals surface area (Å²) in [4.78, 5) is 47.5.